The average Bonchev–Trinajstić information content (AvgIpc) is 2.55. The molecule has 72 valence electrons. The lowest BCUT2D eigenvalue weighted by atomic mass is 10.2. The molecular formula is C10H16N2S. The Hall–Kier alpha value is -0.670. The molecule has 2 nitrogen and oxygen atoms in total. The molecule has 0 aliphatic carbocycles. The van der Waals surface area contributed by atoms with Gasteiger partial charge in [-0.25, -0.2) is 4.98 Å². The van der Waals surface area contributed by atoms with E-state index in [9.17, 15) is 0 Å². The molecule has 0 bridgehead atoms. The average molecular weight is 196 g/mol. The minimum absolute atomic E-state index is 0.716. The van der Waals surface area contributed by atoms with E-state index in [1.54, 1.807) is 11.3 Å². The Morgan fingerprint density at radius 1 is 1.62 bits per heavy atom. The van der Waals surface area contributed by atoms with Crippen LogP contribution in [0.25, 0.3) is 6.08 Å². The molecule has 3 heteroatoms. The van der Waals surface area contributed by atoms with E-state index in [-0.39, 0.29) is 0 Å². The highest BCUT2D eigenvalue weighted by atomic mass is 32.1. The summed E-state index contributed by atoms with van der Waals surface area (Å²) in [5.41, 5.74) is 0. The van der Waals surface area contributed by atoms with Crippen molar-refractivity contribution in [3.05, 3.63) is 22.7 Å². The molecule has 0 aliphatic heterocycles. The molecule has 0 saturated heterocycles. The van der Waals surface area contributed by atoms with Gasteiger partial charge in [0, 0.05) is 18.1 Å². The van der Waals surface area contributed by atoms with Gasteiger partial charge in [-0.15, -0.1) is 11.3 Å². The predicted molar refractivity (Wildman–Crippen MR) is 58.9 cm³/mol. The molecule has 0 aliphatic rings. The summed E-state index contributed by atoms with van der Waals surface area (Å²) in [5.74, 6) is 0.716. The zero-order valence-electron chi connectivity index (χ0n) is 8.16. The summed E-state index contributed by atoms with van der Waals surface area (Å²) in [5, 5.41) is 6.40. The molecule has 0 radical (unpaired) electrons. The first kappa shape index (κ1) is 10.4. The summed E-state index contributed by atoms with van der Waals surface area (Å²) in [6.07, 6.45) is 5.99. The fourth-order valence-corrected chi connectivity index (χ4v) is 1.49. The van der Waals surface area contributed by atoms with E-state index in [1.807, 2.05) is 11.6 Å². The van der Waals surface area contributed by atoms with Crippen molar-refractivity contribution in [1.82, 2.24) is 10.3 Å². The molecule has 0 fully saturated rings. The van der Waals surface area contributed by atoms with E-state index >= 15 is 0 Å². The Labute approximate surface area is 83.7 Å². The standard InChI is InChI=1S/C10H16N2S/c1-9(2)8-11-5-3-4-10-12-6-7-13-10/h3-4,6-7,9,11H,5,8H2,1-2H3/b4-3+. The fraction of sp³-hybridized carbons (Fsp3) is 0.500. The van der Waals surface area contributed by atoms with E-state index in [0.29, 0.717) is 5.92 Å². The Balaban J connectivity index is 2.12. The lowest BCUT2D eigenvalue weighted by molar-refractivity contribution is 0.577. The minimum atomic E-state index is 0.716. The number of nitrogens with one attached hydrogen (secondary N) is 1. The Morgan fingerprint density at radius 2 is 2.46 bits per heavy atom. The number of hydrogen-bond acceptors (Lipinski definition) is 3. The van der Waals surface area contributed by atoms with Crippen LogP contribution in [0, 0.1) is 5.92 Å². The molecule has 1 heterocycles. The molecule has 1 aromatic heterocycles. The summed E-state index contributed by atoms with van der Waals surface area (Å²) in [6, 6.07) is 0. The van der Waals surface area contributed by atoms with E-state index in [2.05, 4.69) is 36.3 Å². The highest BCUT2D eigenvalue weighted by Crippen LogP contribution is 2.04. The topological polar surface area (TPSA) is 24.9 Å². The Morgan fingerprint density at radius 3 is 3.08 bits per heavy atom. The predicted octanol–water partition coefficient (Wildman–Crippen LogP) is 2.40. The number of hydrogen-bond donors (Lipinski definition) is 1. The third kappa shape index (κ3) is 4.80. The van der Waals surface area contributed by atoms with Gasteiger partial charge in [-0.3, -0.25) is 0 Å². The van der Waals surface area contributed by atoms with Crippen molar-refractivity contribution >= 4 is 17.4 Å². The van der Waals surface area contributed by atoms with Gasteiger partial charge in [0.2, 0.25) is 0 Å². The molecular weight excluding hydrogens is 180 g/mol. The van der Waals surface area contributed by atoms with Gasteiger partial charge in [-0.2, -0.15) is 0 Å². The van der Waals surface area contributed by atoms with Gasteiger partial charge in [0.25, 0.3) is 0 Å². The molecule has 0 saturated carbocycles. The van der Waals surface area contributed by atoms with Crippen LogP contribution in [0.2, 0.25) is 0 Å². The molecule has 1 N–H and O–H groups in total. The third-order valence-electron chi connectivity index (χ3n) is 1.53. The monoisotopic (exact) mass is 196 g/mol. The second kappa shape index (κ2) is 5.89. The van der Waals surface area contributed by atoms with Crippen LogP contribution in [0.1, 0.15) is 18.9 Å². The summed E-state index contributed by atoms with van der Waals surface area (Å²) in [6.45, 7) is 6.41. The zero-order valence-corrected chi connectivity index (χ0v) is 8.97. The largest absolute Gasteiger partial charge is 0.313 e. The van der Waals surface area contributed by atoms with Crippen molar-refractivity contribution in [2.24, 2.45) is 5.92 Å². The van der Waals surface area contributed by atoms with Crippen LogP contribution >= 0.6 is 11.3 Å². The second-order valence-corrected chi connectivity index (χ2v) is 4.25. The molecule has 0 amide bonds. The molecule has 1 rings (SSSR count). The van der Waals surface area contributed by atoms with Gasteiger partial charge in [0.1, 0.15) is 5.01 Å². The maximum absolute atomic E-state index is 4.15. The van der Waals surface area contributed by atoms with Crippen LogP contribution in [-0.2, 0) is 0 Å². The molecule has 0 aromatic carbocycles. The molecule has 0 atom stereocenters. The van der Waals surface area contributed by atoms with Crippen molar-refractivity contribution < 1.29 is 0 Å². The Kier molecular flexibility index (Phi) is 4.72. The van der Waals surface area contributed by atoms with E-state index < -0.39 is 0 Å². The van der Waals surface area contributed by atoms with Crippen LogP contribution in [0.3, 0.4) is 0 Å². The van der Waals surface area contributed by atoms with Crippen LogP contribution in [0.15, 0.2) is 17.7 Å². The van der Waals surface area contributed by atoms with Crippen molar-refractivity contribution in [3.63, 3.8) is 0 Å². The summed E-state index contributed by atoms with van der Waals surface area (Å²) in [4.78, 5) is 4.15. The first-order valence-electron chi connectivity index (χ1n) is 4.56. The van der Waals surface area contributed by atoms with Gasteiger partial charge in [-0.1, -0.05) is 19.9 Å². The van der Waals surface area contributed by atoms with Gasteiger partial charge in [0.05, 0.1) is 0 Å². The third-order valence-corrected chi connectivity index (χ3v) is 2.27. The first-order chi connectivity index (χ1) is 6.29. The number of rotatable bonds is 5. The number of thiazole rings is 1. The molecule has 1 aromatic rings. The molecule has 13 heavy (non-hydrogen) atoms. The van der Waals surface area contributed by atoms with E-state index in [1.165, 1.54) is 0 Å². The van der Waals surface area contributed by atoms with Gasteiger partial charge < -0.3 is 5.32 Å². The summed E-state index contributed by atoms with van der Waals surface area (Å²) < 4.78 is 0. The minimum Gasteiger partial charge on any atom is -0.313 e. The Bertz CT molecular complexity index is 239. The number of nitrogens with zero attached hydrogens (tertiary/aromatic N) is 1. The molecule has 0 spiro atoms. The first-order valence-corrected chi connectivity index (χ1v) is 5.43. The van der Waals surface area contributed by atoms with Crippen LogP contribution < -0.4 is 5.32 Å². The SMILES string of the molecule is CC(C)CNC/C=C/c1nccs1. The van der Waals surface area contributed by atoms with Gasteiger partial charge in [-0.05, 0) is 18.5 Å². The smallest absolute Gasteiger partial charge is 0.115 e. The van der Waals surface area contributed by atoms with Crippen LogP contribution in [0.5, 0.6) is 0 Å². The normalized spacial score (nSPS) is 11.6. The number of aromatic nitrogens is 1. The van der Waals surface area contributed by atoms with Crippen LogP contribution in [-0.4, -0.2) is 18.1 Å². The highest BCUT2D eigenvalue weighted by Gasteiger charge is 1.90. The molecule has 0 unspecified atom stereocenters. The maximum atomic E-state index is 4.15. The van der Waals surface area contributed by atoms with Gasteiger partial charge >= 0.3 is 0 Å². The van der Waals surface area contributed by atoms with Crippen molar-refractivity contribution in [2.75, 3.05) is 13.1 Å². The quantitative estimate of drug-likeness (QED) is 0.731. The zero-order chi connectivity index (χ0) is 9.52. The summed E-state index contributed by atoms with van der Waals surface area (Å²) in [7, 11) is 0. The van der Waals surface area contributed by atoms with Crippen molar-refractivity contribution in [1.29, 1.82) is 0 Å². The lowest BCUT2D eigenvalue weighted by Crippen LogP contribution is -2.19. The van der Waals surface area contributed by atoms with E-state index in [4.69, 9.17) is 0 Å². The van der Waals surface area contributed by atoms with E-state index in [0.717, 1.165) is 18.1 Å². The lowest BCUT2D eigenvalue weighted by Gasteiger charge is -2.03. The second-order valence-electron chi connectivity index (χ2n) is 3.32. The highest BCUT2D eigenvalue weighted by molar-refractivity contribution is 7.10. The van der Waals surface area contributed by atoms with Crippen molar-refractivity contribution in [3.8, 4) is 0 Å². The summed E-state index contributed by atoms with van der Waals surface area (Å²) >= 11 is 1.66. The fourth-order valence-electron chi connectivity index (χ4n) is 0.932. The van der Waals surface area contributed by atoms with Crippen molar-refractivity contribution in [2.45, 2.75) is 13.8 Å². The van der Waals surface area contributed by atoms with Gasteiger partial charge in [0.15, 0.2) is 0 Å². The maximum Gasteiger partial charge on any atom is 0.115 e. The van der Waals surface area contributed by atoms with Crippen LogP contribution in [0.4, 0.5) is 0 Å².